The molecule has 4 nitrogen and oxygen atoms in total. The zero-order valence-corrected chi connectivity index (χ0v) is 9.47. The highest BCUT2D eigenvalue weighted by molar-refractivity contribution is 5.90. The molecule has 1 amide bonds. The molecule has 0 radical (unpaired) electrons. The summed E-state index contributed by atoms with van der Waals surface area (Å²) < 4.78 is 10.2. The molecule has 1 saturated heterocycles. The van der Waals surface area contributed by atoms with Crippen LogP contribution in [0.15, 0.2) is 24.3 Å². The average molecular weight is 221 g/mol. The van der Waals surface area contributed by atoms with Crippen molar-refractivity contribution in [2.75, 3.05) is 18.6 Å². The van der Waals surface area contributed by atoms with Gasteiger partial charge in [-0.2, -0.15) is 0 Å². The van der Waals surface area contributed by atoms with Crippen molar-refractivity contribution < 1.29 is 14.3 Å². The second-order valence-corrected chi connectivity index (χ2v) is 3.71. The molecular weight excluding hydrogens is 206 g/mol. The Kier molecular flexibility index (Phi) is 2.99. The summed E-state index contributed by atoms with van der Waals surface area (Å²) in [4.78, 5) is 13.3. The van der Waals surface area contributed by atoms with Crippen LogP contribution in [0.2, 0.25) is 0 Å². The van der Waals surface area contributed by atoms with Crippen LogP contribution in [-0.4, -0.2) is 25.9 Å². The van der Waals surface area contributed by atoms with Gasteiger partial charge in [-0.05, 0) is 18.6 Å². The number of carbonyl (C=O) groups is 1. The summed E-state index contributed by atoms with van der Waals surface area (Å²) in [6, 6.07) is 7.57. The summed E-state index contributed by atoms with van der Waals surface area (Å²) in [6.07, 6.45) is 0.600. The lowest BCUT2D eigenvalue weighted by atomic mass is 10.2. The van der Waals surface area contributed by atoms with E-state index in [1.165, 1.54) is 0 Å². The number of benzene rings is 1. The summed E-state index contributed by atoms with van der Waals surface area (Å²) in [5, 5.41) is 0. The molecule has 1 fully saturated rings. The lowest BCUT2D eigenvalue weighted by Crippen LogP contribution is -2.32. The van der Waals surface area contributed by atoms with Gasteiger partial charge in [-0.15, -0.1) is 0 Å². The van der Waals surface area contributed by atoms with Crippen LogP contribution in [0, 0.1) is 0 Å². The van der Waals surface area contributed by atoms with Gasteiger partial charge in [0, 0.05) is 6.07 Å². The Morgan fingerprint density at radius 1 is 1.56 bits per heavy atom. The van der Waals surface area contributed by atoms with Gasteiger partial charge in [-0.25, -0.2) is 4.79 Å². The third-order valence-electron chi connectivity index (χ3n) is 2.76. The minimum absolute atomic E-state index is 0.125. The van der Waals surface area contributed by atoms with Gasteiger partial charge >= 0.3 is 6.09 Å². The van der Waals surface area contributed by atoms with Gasteiger partial charge in [0.05, 0.1) is 18.8 Å². The van der Waals surface area contributed by atoms with Crippen molar-refractivity contribution in [1.82, 2.24) is 0 Å². The predicted octanol–water partition coefficient (Wildman–Crippen LogP) is 2.43. The van der Waals surface area contributed by atoms with E-state index in [1.54, 1.807) is 12.0 Å². The summed E-state index contributed by atoms with van der Waals surface area (Å²) in [5.41, 5.74) is 0.828. The molecule has 86 valence electrons. The maximum Gasteiger partial charge on any atom is 0.414 e. The van der Waals surface area contributed by atoms with E-state index in [9.17, 15) is 4.79 Å². The third kappa shape index (κ3) is 1.83. The molecule has 0 N–H and O–H groups in total. The normalized spacial score (nSPS) is 19.8. The summed E-state index contributed by atoms with van der Waals surface area (Å²) >= 11 is 0. The van der Waals surface area contributed by atoms with Gasteiger partial charge < -0.3 is 9.47 Å². The van der Waals surface area contributed by atoms with Gasteiger partial charge in [-0.3, -0.25) is 4.90 Å². The Balaban J connectivity index is 2.30. The highest BCUT2D eigenvalue weighted by Gasteiger charge is 2.32. The standard InChI is InChI=1S/C12H15NO3/c1-3-9-8-16-12(14)13(9)10-5-4-6-11(7-10)15-2/h4-7,9H,3,8H2,1-2H3. The molecule has 0 aromatic heterocycles. The van der Waals surface area contributed by atoms with E-state index in [1.807, 2.05) is 31.2 Å². The van der Waals surface area contributed by atoms with E-state index in [4.69, 9.17) is 9.47 Å². The number of amides is 1. The van der Waals surface area contributed by atoms with E-state index in [-0.39, 0.29) is 12.1 Å². The molecule has 1 aromatic carbocycles. The van der Waals surface area contributed by atoms with E-state index in [2.05, 4.69) is 0 Å². The van der Waals surface area contributed by atoms with Crippen molar-refractivity contribution in [1.29, 1.82) is 0 Å². The quantitative estimate of drug-likeness (QED) is 0.786. The fraction of sp³-hybridized carbons (Fsp3) is 0.417. The molecule has 0 bridgehead atoms. The topological polar surface area (TPSA) is 38.8 Å². The van der Waals surface area contributed by atoms with Gasteiger partial charge in [0.25, 0.3) is 0 Å². The van der Waals surface area contributed by atoms with Gasteiger partial charge in [0.15, 0.2) is 0 Å². The fourth-order valence-corrected chi connectivity index (χ4v) is 1.84. The number of rotatable bonds is 3. The Morgan fingerprint density at radius 3 is 3.06 bits per heavy atom. The first-order chi connectivity index (χ1) is 7.76. The molecule has 0 aliphatic carbocycles. The summed E-state index contributed by atoms with van der Waals surface area (Å²) in [6.45, 7) is 2.51. The molecule has 1 unspecified atom stereocenters. The molecule has 0 spiro atoms. The predicted molar refractivity (Wildman–Crippen MR) is 60.9 cm³/mol. The van der Waals surface area contributed by atoms with Crippen molar-refractivity contribution in [2.24, 2.45) is 0 Å². The number of carbonyl (C=O) groups excluding carboxylic acids is 1. The number of hydrogen-bond donors (Lipinski definition) is 0. The average Bonchev–Trinajstić information content (AvgIpc) is 2.70. The van der Waals surface area contributed by atoms with E-state index in [0.29, 0.717) is 6.61 Å². The Hall–Kier alpha value is -1.71. The minimum atomic E-state index is -0.278. The third-order valence-corrected chi connectivity index (χ3v) is 2.76. The maximum atomic E-state index is 11.6. The molecule has 1 heterocycles. The van der Waals surface area contributed by atoms with E-state index < -0.39 is 0 Å². The van der Waals surface area contributed by atoms with Crippen LogP contribution < -0.4 is 9.64 Å². The highest BCUT2D eigenvalue weighted by atomic mass is 16.6. The van der Waals surface area contributed by atoms with Crippen LogP contribution >= 0.6 is 0 Å². The van der Waals surface area contributed by atoms with Crippen molar-refractivity contribution in [3.63, 3.8) is 0 Å². The Morgan fingerprint density at radius 2 is 2.38 bits per heavy atom. The second-order valence-electron chi connectivity index (χ2n) is 3.71. The number of cyclic esters (lactones) is 1. The van der Waals surface area contributed by atoms with Gasteiger partial charge in [0.2, 0.25) is 0 Å². The largest absolute Gasteiger partial charge is 0.497 e. The number of methoxy groups -OCH3 is 1. The van der Waals surface area contributed by atoms with E-state index >= 15 is 0 Å². The number of nitrogens with zero attached hydrogens (tertiary/aromatic N) is 1. The molecule has 16 heavy (non-hydrogen) atoms. The van der Waals surface area contributed by atoms with Crippen molar-refractivity contribution >= 4 is 11.8 Å². The summed E-state index contributed by atoms with van der Waals surface area (Å²) in [5.74, 6) is 0.743. The van der Waals surface area contributed by atoms with Crippen molar-refractivity contribution in [3.05, 3.63) is 24.3 Å². The van der Waals surface area contributed by atoms with Crippen LogP contribution in [0.4, 0.5) is 10.5 Å². The minimum Gasteiger partial charge on any atom is -0.497 e. The monoisotopic (exact) mass is 221 g/mol. The lowest BCUT2D eigenvalue weighted by molar-refractivity contribution is 0.178. The first-order valence-corrected chi connectivity index (χ1v) is 5.36. The van der Waals surface area contributed by atoms with Crippen LogP contribution in [-0.2, 0) is 4.74 Å². The maximum absolute atomic E-state index is 11.6. The Bertz CT molecular complexity index is 392. The Labute approximate surface area is 94.8 Å². The molecular formula is C12H15NO3. The first-order valence-electron chi connectivity index (χ1n) is 5.36. The number of ether oxygens (including phenoxy) is 2. The first kappa shape index (κ1) is 10.8. The van der Waals surface area contributed by atoms with Crippen molar-refractivity contribution in [2.45, 2.75) is 19.4 Å². The smallest absolute Gasteiger partial charge is 0.414 e. The molecule has 1 aliphatic rings. The highest BCUT2D eigenvalue weighted by Crippen LogP contribution is 2.27. The van der Waals surface area contributed by atoms with E-state index in [0.717, 1.165) is 17.9 Å². The van der Waals surface area contributed by atoms with Crippen LogP contribution in [0.5, 0.6) is 5.75 Å². The molecule has 1 aliphatic heterocycles. The molecule has 4 heteroatoms. The second kappa shape index (κ2) is 4.43. The van der Waals surface area contributed by atoms with Crippen LogP contribution in [0.3, 0.4) is 0 Å². The zero-order valence-electron chi connectivity index (χ0n) is 9.47. The molecule has 1 aromatic rings. The molecule has 1 atom stereocenters. The summed E-state index contributed by atoms with van der Waals surface area (Å²) in [7, 11) is 1.61. The van der Waals surface area contributed by atoms with Gasteiger partial charge in [0.1, 0.15) is 12.4 Å². The molecule has 2 rings (SSSR count). The lowest BCUT2D eigenvalue weighted by Gasteiger charge is -2.20. The SMILES string of the molecule is CCC1COC(=O)N1c1cccc(OC)c1. The van der Waals surface area contributed by atoms with Crippen LogP contribution in [0.25, 0.3) is 0 Å². The zero-order chi connectivity index (χ0) is 11.5. The molecule has 0 saturated carbocycles. The number of anilines is 1. The van der Waals surface area contributed by atoms with Crippen molar-refractivity contribution in [3.8, 4) is 5.75 Å². The van der Waals surface area contributed by atoms with Gasteiger partial charge in [-0.1, -0.05) is 13.0 Å². The number of hydrogen-bond acceptors (Lipinski definition) is 3. The fourth-order valence-electron chi connectivity index (χ4n) is 1.84. The van der Waals surface area contributed by atoms with Crippen LogP contribution in [0.1, 0.15) is 13.3 Å².